The van der Waals surface area contributed by atoms with Gasteiger partial charge in [0.05, 0.1) is 22.2 Å². The van der Waals surface area contributed by atoms with Crippen molar-refractivity contribution < 1.29 is 14.7 Å². The first-order valence-electron chi connectivity index (χ1n) is 8.89. The van der Waals surface area contributed by atoms with E-state index in [0.29, 0.717) is 16.8 Å². The Morgan fingerprint density at radius 3 is 2.53 bits per heavy atom. The molecule has 0 atom stereocenters. The number of carbonyl (C=O) groups excluding carboxylic acids is 2. The summed E-state index contributed by atoms with van der Waals surface area (Å²) in [6.45, 7) is 1.55. The van der Waals surface area contributed by atoms with E-state index in [2.05, 4.69) is 20.9 Å². The highest BCUT2D eigenvalue weighted by Gasteiger charge is 2.12. The molecule has 0 radical (unpaired) electrons. The molecule has 0 saturated carbocycles. The number of hydrogen-bond acceptors (Lipinski definition) is 4. The number of amides is 2. The van der Waals surface area contributed by atoms with Crippen LogP contribution in [0.25, 0.3) is 10.9 Å². The first kappa shape index (κ1) is 21.5. The molecule has 0 bridgehead atoms. The lowest BCUT2D eigenvalue weighted by Gasteiger charge is -2.12. The zero-order chi connectivity index (χ0) is 21.8. The van der Waals surface area contributed by atoms with Gasteiger partial charge in [-0.3, -0.25) is 20.3 Å². The average molecular weight is 448 g/mol. The maximum Gasteiger partial charge on any atom is 0.231 e. The number of phenolic OH excluding ortho intramolecular Hbond substituents is 1. The Morgan fingerprint density at radius 2 is 1.87 bits per heavy atom. The van der Waals surface area contributed by atoms with Crippen LogP contribution in [0.3, 0.4) is 0 Å². The van der Waals surface area contributed by atoms with Crippen molar-refractivity contribution in [3.63, 3.8) is 0 Å². The summed E-state index contributed by atoms with van der Waals surface area (Å²) < 4.78 is 0. The Kier molecular flexibility index (Phi) is 6.49. The molecular formula is C20H19Cl2N5O3. The summed E-state index contributed by atoms with van der Waals surface area (Å²) in [6.07, 6.45) is 1.73. The number of hydrogen-bond donors (Lipinski definition) is 6. The van der Waals surface area contributed by atoms with Gasteiger partial charge in [0.1, 0.15) is 5.75 Å². The average Bonchev–Trinajstić information content (AvgIpc) is 3.04. The number of anilines is 1. The predicted molar refractivity (Wildman–Crippen MR) is 117 cm³/mol. The van der Waals surface area contributed by atoms with Crippen molar-refractivity contribution >= 4 is 57.6 Å². The van der Waals surface area contributed by atoms with Crippen LogP contribution in [0.2, 0.25) is 10.0 Å². The third-order valence-electron chi connectivity index (χ3n) is 4.24. The van der Waals surface area contributed by atoms with E-state index in [1.165, 1.54) is 6.92 Å². The quantitative estimate of drug-likeness (QED) is 0.263. The third-order valence-corrected chi connectivity index (χ3v) is 4.83. The molecule has 0 spiro atoms. The van der Waals surface area contributed by atoms with E-state index >= 15 is 0 Å². The van der Waals surface area contributed by atoms with Crippen LogP contribution < -0.4 is 16.0 Å². The standard InChI is InChI=1S/C20H19Cl2N5O3/c1-10(28)26-19-15(21)4-11(5-16(19)22)8-25-20(23)27-18(30)6-12-9-24-17-3-2-13(29)7-14(12)17/h2-5,7,9,24,29H,6,8H2,1H3,(H,26,28)(H3,23,25,27,30). The third kappa shape index (κ3) is 5.22. The number of rotatable bonds is 5. The van der Waals surface area contributed by atoms with Gasteiger partial charge >= 0.3 is 0 Å². The molecule has 30 heavy (non-hydrogen) atoms. The fourth-order valence-corrected chi connectivity index (χ4v) is 3.55. The van der Waals surface area contributed by atoms with Gasteiger partial charge in [0.2, 0.25) is 11.8 Å². The Hall–Kier alpha value is -3.23. The molecule has 0 aliphatic rings. The van der Waals surface area contributed by atoms with Crippen LogP contribution in [0.1, 0.15) is 18.1 Å². The van der Waals surface area contributed by atoms with Gasteiger partial charge in [-0.15, -0.1) is 0 Å². The number of carbonyl (C=O) groups is 2. The van der Waals surface area contributed by atoms with Crippen molar-refractivity contribution in [2.75, 3.05) is 5.32 Å². The molecular weight excluding hydrogens is 429 g/mol. The Morgan fingerprint density at radius 1 is 1.17 bits per heavy atom. The smallest absolute Gasteiger partial charge is 0.231 e. The molecule has 6 N–H and O–H groups in total. The lowest BCUT2D eigenvalue weighted by molar-refractivity contribution is -0.119. The van der Waals surface area contributed by atoms with Crippen molar-refractivity contribution in [3.05, 3.63) is 57.7 Å². The van der Waals surface area contributed by atoms with E-state index in [0.717, 1.165) is 10.9 Å². The number of fused-ring (bicyclic) bond motifs is 1. The van der Waals surface area contributed by atoms with Crippen LogP contribution in [-0.2, 0) is 22.6 Å². The van der Waals surface area contributed by atoms with Crippen LogP contribution in [0, 0.1) is 5.41 Å². The lowest BCUT2D eigenvalue weighted by atomic mass is 10.1. The Balaban J connectivity index is 1.57. The molecule has 0 fully saturated rings. The van der Waals surface area contributed by atoms with Gasteiger partial charge in [0.15, 0.2) is 5.96 Å². The molecule has 0 aliphatic heterocycles. The molecule has 1 heterocycles. The Bertz CT molecular complexity index is 1120. The summed E-state index contributed by atoms with van der Waals surface area (Å²) in [4.78, 5) is 26.5. The molecule has 1 aromatic heterocycles. The van der Waals surface area contributed by atoms with Gasteiger partial charge in [-0.05, 0) is 41.5 Å². The molecule has 0 aliphatic carbocycles. The molecule has 0 unspecified atom stereocenters. The molecule has 2 amide bonds. The number of aromatic amines is 1. The molecule has 3 rings (SSSR count). The van der Waals surface area contributed by atoms with Crippen molar-refractivity contribution in [1.29, 1.82) is 5.41 Å². The minimum atomic E-state index is -0.381. The zero-order valence-corrected chi connectivity index (χ0v) is 17.4. The fraction of sp³-hybridized carbons (Fsp3) is 0.150. The van der Waals surface area contributed by atoms with E-state index in [1.54, 1.807) is 36.5 Å². The van der Waals surface area contributed by atoms with Gasteiger partial charge in [0.25, 0.3) is 0 Å². The van der Waals surface area contributed by atoms with Crippen molar-refractivity contribution in [3.8, 4) is 5.75 Å². The van der Waals surface area contributed by atoms with Crippen LogP contribution in [0.4, 0.5) is 5.69 Å². The lowest BCUT2D eigenvalue weighted by Crippen LogP contribution is -2.40. The SMILES string of the molecule is CC(=O)Nc1c(Cl)cc(CNC(=N)NC(=O)Cc2c[nH]c3ccc(O)cc23)cc1Cl. The highest BCUT2D eigenvalue weighted by Crippen LogP contribution is 2.31. The number of H-pyrrole nitrogens is 1. The molecule has 8 nitrogen and oxygen atoms in total. The van der Waals surface area contributed by atoms with Gasteiger partial charge in [0, 0.05) is 30.6 Å². The van der Waals surface area contributed by atoms with E-state index in [9.17, 15) is 14.7 Å². The van der Waals surface area contributed by atoms with Crippen LogP contribution >= 0.6 is 23.2 Å². The van der Waals surface area contributed by atoms with E-state index in [4.69, 9.17) is 28.6 Å². The van der Waals surface area contributed by atoms with Crippen LogP contribution in [0.5, 0.6) is 5.75 Å². The van der Waals surface area contributed by atoms with Crippen molar-refractivity contribution in [1.82, 2.24) is 15.6 Å². The second kappa shape index (κ2) is 9.06. The fourth-order valence-electron chi connectivity index (χ4n) is 2.93. The van der Waals surface area contributed by atoms with Crippen molar-refractivity contribution in [2.45, 2.75) is 19.9 Å². The second-order valence-electron chi connectivity index (χ2n) is 6.61. The largest absolute Gasteiger partial charge is 0.508 e. The summed E-state index contributed by atoms with van der Waals surface area (Å²) in [6, 6.07) is 8.08. The topological polar surface area (TPSA) is 130 Å². The molecule has 2 aromatic carbocycles. The molecule has 156 valence electrons. The predicted octanol–water partition coefficient (Wildman–Crippen LogP) is 3.52. The highest BCUT2D eigenvalue weighted by molar-refractivity contribution is 6.39. The number of benzene rings is 2. The number of aromatic nitrogens is 1. The van der Waals surface area contributed by atoms with Crippen molar-refractivity contribution in [2.24, 2.45) is 0 Å². The van der Waals surface area contributed by atoms with Crippen LogP contribution in [-0.4, -0.2) is 27.9 Å². The van der Waals surface area contributed by atoms with Crippen LogP contribution in [0.15, 0.2) is 36.5 Å². The molecule has 0 saturated heterocycles. The summed E-state index contributed by atoms with van der Waals surface area (Å²) in [7, 11) is 0. The molecule has 10 heteroatoms. The van der Waals surface area contributed by atoms with E-state index in [-0.39, 0.29) is 46.5 Å². The number of nitrogens with one attached hydrogen (secondary N) is 5. The van der Waals surface area contributed by atoms with E-state index in [1.807, 2.05) is 0 Å². The second-order valence-corrected chi connectivity index (χ2v) is 7.43. The number of halogens is 2. The summed E-state index contributed by atoms with van der Waals surface area (Å²) in [5.74, 6) is -0.741. The van der Waals surface area contributed by atoms with Gasteiger partial charge in [-0.1, -0.05) is 23.2 Å². The number of phenols is 1. The summed E-state index contributed by atoms with van der Waals surface area (Å²) in [5.41, 5.74) is 2.51. The number of guanidine groups is 1. The maximum absolute atomic E-state index is 12.3. The number of aromatic hydroxyl groups is 1. The minimum absolute atomic E-state index is 0.0383. The van der Waals surface area contributed by atoms with E-state index < -0.39 is 0 Å². The summed E-state index contributed by atoms with van der Waals surface area (Å²) >= 11 is 12.3. The normalized spacial score (nSPS) is 10.6. The monoisotopic (exact) mass is 447 g/mol. The summed E-state index contributed by atoms with van der Waals surface area (Å²) in [5, 5.41) is 26.6. The Labute approximate surface area is 182 Å². The first-order chi connectivity index (χ1) is 14.2. The molecule has 3 aromatic rings. The van der Waals surface area contributed by atoms with Gasteiger partial charge in [-0.25, -0.2) is 0 Å². The minimum Gasteiger partial charge on any atom is -0.508 e. The van der Waals surface area contributed by atoms with Gasteiger partial charge < -0.3 is 20.7 Å². The maximum atomic E-state index is 12.3. The zero-order valence-electron chi connectivity index (χ0n) is 15.9. The first-order valence-corrected chi connectivity index (χ1v) is 9.65. The van der Waals surface area contributed by atoms with Gasteiger partial charge in [-0.2, -0.15) is 0 Å². The highest BCUT2D eigenvalue weighted by atomic mass is 35.5.